The van der Waals surface area contributed by atoms with Crippen molar-refractivity contribution < 1.29 is 33.0 Å². The summed E-state index contributed by atoms with van der Waals surface area (Å²) >= 11 is 0. The number of ether oxygens (including phenoxy) is 1. The number of aromatic nitrogens is 4. The second-order valence-electron chi connectivity index (χ2n) is 7.10. The van der Waals surface area contributed by atoms with Crippen LogP contribution in [0.1, 0.15) is 20.1 Å². The molecule has 0 bridgehead atoms. The van der Waals surface area contributed by atoms with Gasteiger partial charge in [-0.3, -0.25) is 0 Å². The molecule has 0 spiro atoms. The predicted molar refractivity (Wildman–Crippen MR) is 99.2 cm³/mol. The summed E-state index contributed by atoms with van der Waals surface area (Å²) in [7, 11) is -4.16. The molecule has 2 aliphatic heterocycles. The number of hydrogen-bond donors (Lipinski definition) is 5. The molecule has 4 heterocycles. The number of nitrogens with one attached hydrogen (secondary N) is 1. The van der Waals surface area contributed by atoms with Gasteiger partial charge in [0, 0.05) is 0 Å². The van der Waals surface area contributed by atoms with Crippen molar-refractivity contribution in [2.75, 3.05) is 18.1 Å². The number of fused-ring (bicyclic) bond motifs is 2. The number of aliphatic carboxylic acids is 1. The van der Waals surface area contributed by atoms with E-state index < -0.39 is 44.2 Å². The molecule has 0 aliphatic carbocycles. The summed E-state index contributed by atoms with van der Waals surface area (Å²) in [6, 6.07) is -1.16. The third-order valence-electron chi connectivity index (χ3n) is 4.90. The molecule has 2 aromatic rings. The molecule has 29 heavy (non-hydrogen) atoms. The molecule has 0 amide bonds. The van der Waals surface area contributed by atoms with Gasteiger partial charge >= 0.3 is 163 Å². The Labute approximate surface area is 163 Å². The molecule has 2 saturated heterocycles. The summed E-state index contributed by atoms with van der Waals surface area (Å²) in [5, 5.41) is 11.4. The molecule has 0 saturated carbocycles. The van der Waals surface area contributed by atoms with E-state index in [0.29, 0.717) is 0 Å². The van der Waals surface area contributed by atoms with Crippen molar-refractivity contribution in [2.45, 2.75) is 44.0 Å². The zero-order chi connectivity index (χ0) is 21.1. The van der Waals surface area contributed by atoms with Crippen molar-refractivity contribution in [3.63, 3.8) is 0 Å². The van der Waals surface area contributed by atoms with E-state index in [1.54, 1.807) is 0 Å². The van der Waals surface area contributed by atoms with Crippen LogP contribution in [0.2, 0.25) is 0 Å². The fourth-order valence-electron chi connectivity index (χ4n) is 3.47. The number of rotatable bonds is 4. The normalized spacial score (nSPS) is 33.3. The fraction of sp³-hybridized carbons (Fsp3) is 0.571. The van der Waals surface area contributed by atoms with Crippen molar-refractivity contribution in [2.24, 2.45) is 0 Å². The van der Waals surface area contributed by atoms with Gasteiger partial charge in [-0.1, -0.05) is 0 Å². The van der Waals surface area contributed by atoms with Crippen LogP contribution in [-0.2, 0) is 18.6 Å². The van der Waals surface area contributed by atoms with Crippen LogP contribution < -0.4 is 16.6 Å². The van der Waals surface area contributed by atoms with E-state index in [9.17, 15) is 9.69 Å². The van der Waals surface area contributed by atoms with Crippen molar-refractivity contribution in [1.29, 1.82) is 0 Å². The van der Waals surface area contributed by atoms with Crippen molar-refractivity contribution in [3.8, 4) is 0 Å². The number of nitrogen functional groups attached to an aromatic ring is 2. The van der Waals surface area contributed by atoms with Crippen molar-refractivity contribution >= 4 is 37.0 Å². The third-order valence-corrected chi connectivity index (χ3v) is 6.83. The van der Waals surface area contributed by atoms with Gasteiger partial charge in [0.15, 0.2) is 0 Å². The number of anilines is 2. The van der Waals surface area contributed by atoms with Gasteiger partial charge in [0.2, 0.25) is 0 Å². The number of carboxylic acid groups (broad SMARTS) is 1. The standard InChI is InChI=1S/C14H21FN7O6P/c1-5(11(23)24)21-29(25)26-3-6-8(28-29)14(2,15)12(27-6)22-4-18-7-9(16)19-13(17)20-10(7)22/h4-6,8,12,21,25,29H,3H2,1-2H3,(H,23,24)(H4,16,17,19,20)/t5?,6-,8-,12-,14-/m1/s1. The van der Waals surface area contributed by atoms with Gasteiger partial charge in [0.25, 0.3) is 0 Å². The van der Waals surface area contributed by atoms with Crippen LogP contribution in [0.25, 0.3) is 11.2 Å². The van der Waals surface area contributed by atoms with Gasteiger partial charge < -0.3 is 0 Å². The van der Waals surface area contributed by atoms with Gasteiger partial charge in [-0.05, 0) is 0 Å². The molecule has 13 nitrogen and oxygen atoms in total. The molecule has 160 valence electrons. The Morgan fingerprint density at radius 3 is 2.93 bits per heavy atom. The minimum atomic E-state index is -4.16. The topological polar surface area (TPSA) is 193 Å². The Balaban J connectivity index is 1.65. The van der Waals surface area contributed by atoms with E-state index in [0.717, 1.165) is 0 Å². The van der Waals surface area contributed by atoms with Gasteiger partial charge in [0.1, 0.15) is 0 Å². The predicted octanol–water partition coefficient (Wildman–Crippen LogP) is -0.503. The molecule has 2 fully saturated rings. The molecule has 15 heteroatoms. The number of carbonyl (C=O) groups is 1. The molecule has 1 unspecified atom stereocenters. The average molecular weight is 433 g/mol. The quantitative estimate of drug-likeness (QED) is 0.389. The van der Waals surface area contributed by atoms with E-state index in [4.69, 9.17) is 30.4 Å². The number of halogens is 1. The van der Waals surface area contributed by atoms with Crippen LogP contribution in [0.3, 0.4) is 0 Å². The molecule has 0 radical (unpaired) electrons. The van der Waals surface area contributed by atoms with E-state index in [-0.39, 0.29) is 29.5 Å². The average Bonchev–Trinajstić information content (AvgIpc) is 3.13. The van der Waals surface area contributed by atoms with E-state index in [1.807, 2.05) is 0 Å². The Morgan fingerprint density at radius 2 is 2.24 bits per heavy atom. The van der Waals surface area contributed by atoms with Crippen LogP contribution in [0.15, 0.2) is 6.33 Å². The summed E-state index contributed by atoms with van der Waals surface area (Å²) in [6.07, 6.45) is -2.04. The third kappa shape index (κ3) is 3.27. The first kappa shape index (κ1) is 20.1. The Morgan fingerprint density at radius 1 is 1.52 bits per heavy atom. The number of carboxylic acids is 1. The Bertz CT molecular complexity index is 975. The zero-order valence-corrected chi connectivity index (χ0v) is 16.4. The number of hydrogen-bond acceptors (Lipinski definition) is 11. The molecule has 7 N–H and O–H groups in total. The molecular formula is C14H21FN7O6P. The summed E-state index contributed by atoms with van der Waals surface area (Å²) in [5.74, 6) is -1.29. The molecule has 2 aliphatic rings. The van der Waals surface area contributed by atoms with E-state index in [2.05, 4.69) is 20.0 Å². The van der Waals surface area contributed by atoms with E-state index >= 15 is 4.39 Å². The first-order valence-corrected chi connectivity index (χ1v) is 10.4. The molecular weight excluding hydrogens is 412 g/mol. The molecule has 4 rings (SSSR count). The van der Waals surface area contributed by atoms with Crippen LogP contribution in [0, 0.1) is 0 Å². The first-order valence-electron chi connectivity index (χ1n) is 8.66. The van der Waals surface area contributed by atoms with Gasteiger partial charge in [0.05, 0.1) is 0 Å². The second kappa shape index (κ2) is 6.65. The number of nitrogens with two attached hydrogens (primary N) is 2. The number of alkyl halides is 1. The monoisotopic (exact) mass is 433 g/mol. The van der Waals surface area contributed by atoms with Crippen LogP contribution >= 0.6 is 8.09 Å². The summed E-state index contributed by atoms with van der Waals surface area (Å²) in [5.41, 5.74) is 9.67. The Hall–Kier alpha value is -2.22. The zero-order valence-electron chi connectivity index (χ0n) is 15.4. The molecule has 0 aromatic carbocycles. The maximum absolute atomic E-state index is 15.8. The molecule has 5 atom stereocenters. The first-order chi connectivity index (χ1) is 13.5. The second-order valence-corrected chi connectivity index (χ2v) is 9.08. The van der Waals surface area contributed by atoms with Crippen LogP contribution in [0.5, 0.6) is 0 Å². The minimum absolute atomic E-state index is 0.0375. The summed E-state index contributed by atoms with van der Waals surface area (Å²) in [6.45, 7) is 2.35. The van der Waals surface area contributed by atoms with Crippen LogP contribution in [0.4, 0.5) is 16.2 Å². The van der Waals surface area contributed by atoms with Gasteiger partial charge in [-0.2, -0.15) is 0 Å². The van der Waals surface area contributed by atoms with Crippen molar-refractivity contribution in [3.05, 3.63) is 6.33 Å². The van der Waals surface area contributed by atoms with Crippen LogP contribution in [-0.4, -0.2) is 66.0 Å². The molecule has 2 aromatic heterocycles. The number of nitrogens with zero attached hydrogens (tertiary/aromatic N) is 4. The van der Waals surface area contributed by atoms with Gasteiger partial charge in [-0.25, -0.2) is 0 Å². The SMILES string of the molecule is CC(N[PH]1(O)OC[C@H]2O[C@@H](n3cnc4c(N)nc(N)nc43)[C@](C)(F)[C@@H]2O1)C(=O)O. The van der Waals surface area contributed by atoms with E-state index in [1.165, 1.54) is 24.7 Å². The number of imidazole rings is 1. The fourth-order valence-corrected chi connectivity index (χ4v) is 5.48. The summed E-state index contributed by atoms with van der Waals surface area (Å²) in [4.78, 5) is 33.6. The van der Waals surface area contributed by atoms with Gasteiger partial charge in [-0.15, -0.1) is 0 Å². The summed E-state index contributed by atoms with van der Waals surface area (Å²) < 4.78 is 33.8. The Kier molecular flexibility index (Phi) is 4.60. The maximum atomic E-state index is 15.8. The van der Waals surface area contributed by atoms with Crippen molar-refractivity contribution in [1.82, 2.24) is 24.6 Å².